The van der Waals surface area contributed by atoms with E-state index in [0.717, 1.165) is 5.92 Å². The van der Waals surface area contributed by atoms with Crippen molar-refractivity contribution < 1.29 is 0 Å². The quantitative estimate of drug-likeness (QED) is 0.581. The minimum Gasteiger partial charge on any atom is -0.0702 e. The van der Waals surface area contributed by atoms with Crippen molar-refractivity contribution in [2.45, 2.75) is 32.6 Å². The molecule has 112 valence electrons. The first kappa shape index (κ1) is 14.8. The van der Waals surface area contributed by atoms with E-state index < -0.39 is 0 Å². The lowest BCUT2D eigenvalue weighted by Gasteiger charge is -2.19. The standard InChI is InChI=1S/C22H24/c1-17(19-15-16-19)13-14-18(2)22(20-9-5-3-6-10-20)21-11-7-4-8-12-21/h3-14,19,22H,15-16H2,1-2H3/b17-13-,18-14+. The monoisotopic (exact) mass is 288 g/mol. The highest BCUT2D eigenvalue weighted by atomic mass is 14.3. The van der Waals surface area contributed by atoms with Gasteiger partial charge in [0.25, 0.3) is 0 Å². The predicted octanol–water partition coefficient (Wildman–Crippen LogP) is 6.12. The van der Waals surface area contributed by atoms with Gasteiger partial charge in [-0.15, -0.1) is 0 Å². The van der Waals surface area contributed by atoms with Gasteiger partial charge in [0.2, 0.25) is 0 Å². The Kier molecular flexibility index (Phi) is 4.58. The van der Waals surface area contributed by atoms with Crippen molar-refractivity contribution in [1.82, 2.24) is 0 Å². The van der Waals surface area contributed by atoms with Crippen LogP contribution in [-0.4, -0.2) is 0 Å². The summed E-state index contributed by atoms with van der Waals surface area (Å²) < 4.78 is 0. The first-order valence-electron chi connectivity index (χ1n) is 8.20. The second-order valence-electron chi connectivity index (χ2n) is 6.35. The Hall–Kier alpha value is -2.08. The molecule has 0 heteroatoms. The van der Waals surface area contributed by atoms with E-state index in [1.54, 1.807) is 0 Å². The Morgan fingerprint density at radius 2 is 1.32 bits per heavy atom. The van der Waals surface area contributed by atoms with Gasteiger partial charge in [0.05, 0.1) is 0 Å². The smallest absolute Gasteiger partial charge is 0.0299 e. The zero-order valence-corrected chi connectivity index (χ0v) is 13.5. The summed E-state index contributed by atoms with van der Waals surface area (Å²) in [6.45, 7) is 4.52. The van der Waals surface area contributed by atoms with E-state index in [1.807, 2.05) is 0 Å². The normalized spacial score (nSPS) is 16.1. The van der Waals surface area contributed by atoms with E-state index in [2.05, 4.69) is 86.7 Å². The fourth-order valence-corrected chi connectivity index (χ4v) is 3.04. The molecule has 0 saturated heterocycles. The summed E-state index contributed by atoms with van der Waals surface area (Å²) >= 11 is 0. The number of allylic oxidation sites excluding steroid dienone is 4. The van der Waals surface area contributed by atoms with Crippen LogP contribution in [0.15, 0.2) is 84.0 Å². The van der Waals surface area contributed by atoms with Gasteiger partial charge in [0.1, 0.15) is 0 Å². The number of hydrogen-bond acceptors (Lipinski definition) is 0. The molecule has 0 heterocycles. The summed E-state index contributed by atoms with van der Waals surface area (Å²) in [5, 5.41) is 0. The molecule has 1 aliphatic carbocycles. The molecule has 1 aliphatic rings. The van der Waals surface area contributed by atoms with Gasteiger partial charge in [-0.2, -0.15) is 0 Å². The molecule has 0 spiro atoms. The maximum Gasteiger partial charge on any atom is 0.0299 e. The van der Waals surface area contributed by atoms with Crippen LogP contribution in [0.2, 0.25) is 0 Å². The van der Waals surface area contributed by atoms with Crippen LogP contribution in [0.25, 0.3) is 0 Å². The first-order chi connectivity index (χ1) is 10.8. The predicted molar refractivity (Wildman–Crippen MR) is 95.0 cm³/mol. The summed E-state index contributed by atoms with van der Waals surface area (Å²) in [5.74, 6) is 1.18. The lowest BCUT2D eigenvalue weighted by atomic mass is 9.85. The Morgan fingerprint density at radius 3 is 1.77 bits per heavy atom. The van der Waals surface area contributed by atoms with Crippen molar-refractivity contribution >= 4 is 0 Å². The SMILES string of the molecule is C/C(=C/C=C(\C)C(c1ccccc1)c1ccccc1)C1CC1. The molecule has 0 radical (unpaired) electrons. The van der Waals surface area contributed by atoms with E-state index in [9.17, 15) is 0 Å². The summed E-state index contributed by atoms with van der Waals surface area (Å²) in [6.07, 6.45) is 7.39. The molecular weight excluding hydrogens is 264 g/mol. The lowest BCUT2D eigenvalue weighted by molar-refractivity contribution is 0.943. The molecule has 2 aromatic carbocycles. The van der Waals surface area contributed by atoms with Crippen LogP contribution >= 0.6 is 0 Å². The van der Waals surface area contributed by atoms with Crippen LogP contribution < -0.4 is 0 Å². The van der Waals surface area contributed by atoms with Crippen molar-refractivity contribution in [3.05, 3.63) is 95.1 Å². The second-order valence-corrected chi connectivity index (χ2v) is 6.35. The molecule has 0 aromatic heterocycles. The molecule has 1 saturated carbocycles. The third kappa shape index (κ3) is 3.57. The van der Waals surface area contributed by atoms with Gasteiger partial charge >= 0.3 is 0 Å². The molecule has 1 fully saturated rings. The van der Waals surface area contributed by atoms with E-state index in [1.165, 1.54) is 35.1 Å². The zero-order valence-electron chi connectivity index (χ0n) is 13.5. The lowest BCUT2D eigenvalue weighted by Crippen LogP contribution is -2.02. The van der Waals surface area contributed by atoms with Gasteiger partial charge < -0.3 is 0 Å². The largest absolute Gasteiger partial charge is 0.0702 e. The number of rotatable bonds is 5. The molecule has 0 bridgehead atoms. The molecule has 0 aliphatic heterocycles. The van der Waals surface area contributed by atoms with Crippen molar-refractivity contribution in [3.8, 4) is 0 Å². The molecule has 2 aromatic rings. The number of benzene rings is 2. The van der Waals surface area contributed by atoms with Gasteiger partial charge in [-0.25, -0.2) is 0 Å². The minimum absolute atomic E-state index is 0.339. The fourth-order valence-electron chi connectivity index (χ4n) is 3.04. The van der Waals surface area contributed by atoms with Crippen LogP contribution in [0.4, 0.5) is 0 Å². The van der Waals surface area contributed by atoms with Gasteiger partial charge in [-0.3, -0.25) is 0 Å². The molecule has 0 N–H and O–H groups in total. The zero-order chi connectivity index (χ0) is 15.4. The van der Waals surface area contributed by atoms with Crippen LogP contribution in [0, 0.1) is 5.92 Å². The Labute approximate surface area is 134 Å². The Balaban J connectivity index is 1.94. The first-order valence-corrected chi connectivity index (χ1v) is 8.20. The van der Waals surface area contributed by atoms with Crippen LogP contribution in [-0.2, 0) is 0 Å². The van der Waals surface area contributed by atoms with E-state index in [0.29, 0.717) is 5.92 Å². The van der Waals surface area contributed by atoms with Crippen LogP contribution in [0.3, 0.4) is 0 Å². The molecule has 0 nitrogen and oxygen atoms in total. The van der Waals surface area contributed by atoms with E-state index >= 15 is 0 Å². The summed E-state index contributed by atoms with van der Waals surface area (Å²) in [4.78, 5) is 0. The maximum atomic E-state index is 2.33. The highest BCUT2D eigenvalue weighted by Crippen LogP contribution is 2.37. The van der Waals surface area contributed by atoms with E-state index in [-0.39, 0.29) is 0 Å². The third-order valence-corrected chi connectivity index (χ3v) is 4.55. The molecule has 22 heavy (non-hydrogen) atoms. The number of hydrogen-bond donors (Lipinski definition) is 0. The van der Waals surface area contributed by atoms with Crippen molar-refractivity contribution in [1.29, 1.82) is 0 Å². The Bertz CT molecular complexity index is 618. The molecule has 3 rings (SSSR count). The topological polar surface area (TPSA) is 0 Å². The summed E-state index contributed by atoms with van der Waals surface area (Å²) in [5.41, 5.74) is 5.65. The minimum atomic E-state index is 0.339. The van der Waals surface area contributed by atoms with Gasteiger partial charge in [-0.1, -0.05) is 84.0 Å². The van der Waals surface area contributed by atoms with Crippen molar-refractivity contribution in [2.75, 3.05) is 0 Å². The molecular formula is C22H24. The van der Waals surface area contributed by atoms with Gasteiger partial charge in [0, 0.05) is 5.92 Å². The van der Waals surface area contributed by atoms with Crippen molar-refractivity contribution in [3.63, 3.8) is 0 Å². The average Bonchev–Trinajstić information content (AvgIpc) is 3.40. The highest BCUT2D eigenvalue weighted by Gasteiger charge is 2.22. The average molecular weight is 288 g/mol. The maximum absolute atomic E-state index is 2.33. The van der Waals surface area contributed by atoms with Crippen LogP contribution in [0.1, 0.15) is 43.7 Å². The van der Waals surface area contributed by atoms with Gasteiger partial charge in [-0.05, 0) is 43.7 Å². The summed E-state index contributed by atoms with van der Waals surface area (Å²) in [7, 11) is 0. The fraction of sp³-hybridized carbons (Fsp3) is 0.273. The Morgan fingerprint density at radius 1 is 0.818 bits per heavy atom. The molecule has 0 atom stereocenters. The van der Waals surface area contributed by atoms with Gasteiger partial charge in [0.15, 0.2) is 0 Å². The highest BCUT2D eigenvalue weighted by molar-refractivity contribution is 5.41. The van der Waals surface area contributed by atoms with Crippen LogP contribution in [0.5, 0.6) is 0 Å². The summed E-state index contributed by atoms with van der Waals surface area (Å²) in [6, 6.07) is 21.6. The van der Waals surface area contributed by atoms with E-state index in [4.69, 9.17) is 0 Å². The second kappa shape index (κ2) is 6.79. The molecule has 0 unspecified atom stereocenters. The third-order valence-electron chi connectivity index (χ3n) is 4.55. The molecule has 0 amide bonds. The van der Waals surface area contributed by atoms with Crippen molar-refractivity contribution in [2.24, 2.45) is 5.92 Å².